The fourth-order valence-corrected chi connectivity index (χ4v) is 0.881. The minimum absolute atomic E-state index is 0.00133. The number of pyridine rings is 1. The second-order valence-corrected chi connectivity index (χ2v) is 2.67. The zero-order valence-corrected chi connectivity index (χ0v) is 6.93. The largest absolute Gasteiger partial charge is 0.396 e. The molecule has 1 aromatic heterocycles. The van der Waals surface area contributed by atoms with Crippen LogP contribution in [0.15, 0.2) is 6.17 Å². The molecule has 0 radical (unpaired) electrons. The SMILES string of the molecule is [2H]c1nc(Cl)c(Cl)c(N)c1Cl. The lowest BCUT2D eigenvalue weighted by atomic mass is 10.4. The first-order valence-corrected chi connectivity index (χ1v) is 3.44. The monoisotopic (exact) mass is 197 g/mol. The molecular weight excluding hydrogens is 194 g/mol. The van der Waals surface area contributed by atoms with Gasteiger partial charge in [-0.05, 0) is 0 Å². The summed E-state index contributed by atoms with van der Waals surface area (Å²) in [7, 11) is 0. The number of nitrogens with two attached hydrogens (primary N) is 1. The first-order chi connectivity index (χ1) is 5.04. The maximum atomic E-state index is 7.13. The second-order valence-electron chi connectivity index (χ2n) is 1.56. The average Bonchev–Trinajstić information content (AvgIpc) is 1.97. The van der Waals surface area contributed by atoms with Gasteiger partial charge in [0.25, 0.3) is 0 Å². The van der Waals surface area contributed by atoms with Crippen molar-refractivity contribution in [3.63, 3.8) is 0 Å². The summed E-state index contributed by atoms with van der Waals surface area (Å²) in [6.45, 7) is 0. The van der Waals surface area contributed by atoms with Gasteiger partial charge in [0, 0.05) is 6.17 Å². The number of halogens is 3. The van der Waals surface area contributed by atoms with Crippen LogP contribution in [-0.2, 0) is 0 Å². The maximum absolute atomic E-state index is 7.13. The fourth-order valence-electron chi connectivity index (χ4n) is 0.415. The highest BCUT2D eigenvalue weighted by Gasteiger charge is 2.05. The summed E-state index contributed by atoms with van der Waals surface area (Å²) in [4.78, 5) is 3.52. The van der Waals surface area contributed by atoms with Gasteiger partial charge < -0.3 is 5.73 Å². The quantitative estimate of drug-likeness (QED) is 0.651. The van der Waals surface area contributed by atoms with Crippen LogP contribution in [0.1, 0.15) is 1.37 Å². The molecule has 0 aliphatic carbocycles. The van der Waals surface area contributed by atoms with Crippen molar-refractivity contribution >= 4 is 40.5 Å². The number of rotatable bonds is 0. The summed E-state index contributed by atoms with van der Waals surface area (Å²) < 4.78 is 7.13. The van der Waals surface area contributed by atoms with Gasteiger partial charge in [-0.15, -0.1) is 0 Å². The number of nitrogens with zero attached hydrogens (tertiary/aromatic N) is 1. The van der Waals surface area contributed by atoms with E-state index in [2.05, 4.69) is 4.98 Å². The van der Waals surface area contributed by atoms with Gasteiger partial charge in [0.15, 0.2) is 0 Å². The Balaban J connectivity index is 3.46. The molecule has 5 heteroatoms. The van der Waals surface area contributed by atoms with Crippen LogP contribution in [0.25, 0.3) is 0 Å². The van der Waals surface area contributed by atoms with Crippen LogP contribution in [0.3, 0.4) is 0 Å². The Kier molecular flexibility index (Phi) is 1.84. The molecule has 0 amide bonds. The molecule has 0 spiro atoms. The molecule has 1 aromatic rings. The fraction of sp³-hybridized carbons (Fsp3) is 0. The van der Waals surface area contributed by atoms with Crippen molar-refractivity contribution in [2.24, 2.45) is 0 Å². The van der Waals surface area contributed by atoms with E-state index in [-0.39, 0.29) is 27.1 Å². The summed E-state index contributed by atoms with van der Waals surface area (Å²) in [5, 5.41) is 0.116. The van der Waals surface area contributed by atoms with Gasteiger partial charge >= 0.3 is 0 Å². The van der Waals surface area contributed by atoms with Crippen LogP contribution in [0.2, 0.25) is 15.2 Å². The summed E-state index contributed by atoms with van der Waals surface area (Å²) in [5.41, 5.74) is 5.47. The molecule has 10 heavy (non-hydrogen) atoms. The highest BCUT2D eigenvalue weighted by atomic mass is 35.5. The molecule has 2 nitrogen and oxygen atoms in total. The maximum Gasteiger partial charge on any atom is 0.149 e. The van der Waals surface area contributed by atoms with E-state index in [0.717, 1.165) is 0 Å². The first-order valence-electron chi connectivity index (χ1n) is 2.80. The standard InChI is InChI=1S/C5H3Cl3N2/c6-2-1-10-5(8)3(7)4(2)9/h1H,(H2,9,10)/i1D. The molecule has 0 aromatic carbocycles. The van der Waals surface area contributed by atoms with Crippen molar-refractivity contribution in [1.29, 1.82) is 0 Å². The molecule has 0 saturated heterocycles. The minimum atomic E-state index is -0.168. The molecule has 0 aliphatic heterocycles. The predicted octanol–water partition coefficient (Wildman–Crippen LogP) is 2.62. The van der Waals surface area contributed by atoms with Crippen molar-refractivity contribution in [1.82, 2.24) is 4.98 Å². The topological polar surface area (TPSA) is 38.9 Å². The van der Waals surface area contributed by atoms with E-state index in [1.54, 1.807) is 0 Å². The number of nitrogen functional groups attached to an aromatic ring is 1. The lowest BCUT2D eigenvalue weighted by Gasteiger charge is -1.99. The third kappa shape index (κ3) is 1.29. The first kappa shape index (κ1) is 6.53. The molecule has 0 unspecified atom stereocenters. The highest BCUT2D eigenvalue weighted by Crippen LogP contribution is 2.30. The van der Waals surface area contributed by atoms with Crippen LogP contribution in [-0.4, -0.2) is 4.98 Å². The molecule has 2 N–H and O–H groups in total. The van der Waals surface area contributed by atoms with Crippen molar-refractivity contribution in [2.75, 3.05) is 5.73 Å². The van der Waals surface area contributed by atoms with E-state index < -0.39 is 0 Å². The molecule has 0 aliphatic rings. The van der Waals surface area contributed by atoms with Gasteiger partial charge in [-0.1, -0.05) is 34.8 Å². The van der Waals surface area contributed by atoms with Gasteiger partial charge in [0.1, 0.15) is 10.2 Å². The number of anilines is 1. The van der Waals surface area contributed by atoms with Crippen LogP contribution in [0.5, 0.6) is 0 Å². The number of aromatic nitrogens is 1. The van der Waals surface area contributed by atoms with Crippen LogP contribution < -0.4 is 5.73 Å². The van der Waals surface area contributed by atoms with Crippen LogP contribution in [0, 0.1) is 0 Å². The van der Waals surface area contributed by atoms with Gasteiger partial charge in [0.2, 0.25) is 0 Å². The van der Waals surface area contributed by atoms with E-state index in [1.807, 2.05) is 0 Å². The third-order valence-electron chi connectivity index (χ3n) is 0.906. The Hall–Kier alpha value is -0.180. The van der Waals surface area contributed by atoms with Crippen LogP contribution in [0.4, 0.5) is 5.69 Å². The summed E-state index contributed by atoms with van der Waals surface area (Å²) in [6.07, 6.45) is -0.168. The Labute approximate surface area is 74.3 Å². The Morgan fingerprint density at radius 2 is 2.10 bits per heavy atom. The van der Waals surface area contributed by atoms with Crippen molar-refractivity contribution in [3.05, 3.63) is 21.4 Å². The molecule has 0 bridgehead atoms. The molecule has 1 heterocycles. The van der Waals surface area contributed by atoms with Gasteiger partial charge in [-0.2, -0.15) is 0 Å². The molecular formula is C5H3Cl3N2. The molecule has 1 rings (SSSR count). The summed E-state index contributed by atoms with van der Waals surface area (Å²) in [6, 6.07) is 0. The molecule has 0 fully saturated rings. The van der Waals surface area contributed by atoms with E-state index in [1.165, 1.54) is 0 Å². The van der Waals surface area contributed by atoms with Crippen molar-refractivity contribution < 1.29 is 1.37 Å². The Morgan fingerprint density at radius 3 is 2.70 bits per heavy atom. The van der Waals surface area contributed by atoms with E-state index in [0.29, 0.717) is 0 Å². The van der Waals surface area contributed by atoms with Crippen LogP contribution >= 0.6 is 34.8 Å². The van der Waals surface area contributed by atoms with Gasteiger partial charge in [0.05, 0.1) is 12.1 Å². The number of hydrogen-bond donors (Lipinski definition) is 1. The van der Waals surface area contributed by atoms with Crippen molar-refractivity contribution in [3.8, 4) is 0 Å². The normalized spacial score (nSPS) is 11.3. The highest BCUT2D eigenvalue weighted by molar-refractivity contribution is 6.45. The van der Waals surface area contributed by atoms with Crippen molar-refractivity contribution in [2.45, 2.75) is 0 Å². The lowest BCUT2D eigenvalue weighted by molar-refractivity contribution is 1.33. The molecule has 54 valence electrons. The summed E-state index contributed by atoms with van der Waals surface area (Å²) in [5.74, 6) is 0. The molecule has 0 atom stereocenters. The Morgan fingerprint density at radius 1 is 1.50 bits per heavy atom. The van der Waals surface area contributed by atoms with E-state index in [9.17, 15) is 0 Å². The average molecular weight is 198 g/mol. The zero-order valence-electron chi connectivity index (χ0n) is 5.66. The second kappa shape index (κ2) is 2.82. The molecule has 0 saturated carbocycles. The van der Waals surface area contributed by atoms with E-state index in [4.69, 9.17) is 41.9 Å². The van der Waals surface area contributed by atoms with E-state index >= 15 is 0 Å². The van der Waals surface area contributed by atoms with Gasteiger partial charge in [-0.25, -0.2) is 4.98 Å². The smallest absolute Gasteiger partial charge is 0.149 e. The zero-order chi connectivity index (χ0) is 8.59. The third-order valence-corrected chi connectivity index (χ3v) is 1.95. The number of hydrogen-bond acceptors (Lipinski definition) is 2. The van der Waals surface area contributed by atoms with Gasteiger partial charge in [-0.3, -0.25) is 0 Å². The Bertz CT molecular complexity index is 276. The lowest BCUT2D eigenvalue weighted by Crippen LogP contribution is -1.89. The predicted molar refractivity (Wildman–Crippen MR) is 43.7 cm³/mol. The summed E-state index contributed by atoms with van der Waals surface area (Å²) >= 11 is 16.6. The minimum Gasteiger partial charge on any atom is -0.396 e.